The van der Waals surface area contributed by atoms with E-state index in [1.165, 1.54) is 4.88 Å². The van der Waals surface area contributed by atoms with Crippen LogP contribution in [0.2, 0.25) is 0 Å². The van der Waals surface area contributed by atoms with E-state index in [1.54, 1.807) is 42.7 Å². The number of aromatic nitrogens is 5. The highest BCUT2D eigenvalue weighted by Crippen LogP contribution is 2.26. The molecule has 3 aromatic rings. The third-order valence-electron chi connectivity index (χ3n) is 3.12. The molecule has 0 atom stereocenters. The summed E-state index contributed by atoms with van der Waals surface area (Å²) < 4.78 is 6.98. The lowest BCUT2D eigenvalue weighted by molar-refractivity contribution is 0.397. The Bertz CT molecular complexity index is 746. The van der Waals surface area contributed by atoms with Gasteiger partial charge in [-0.3, -0.25) is 4.57 Å². The zero-order chi connectivity index (χ0) is 15.5. The second kappa shape index (κ2) is 6.45. The standard InChI is InChI=1S/C14H15N5OS2/c1-9-10(2)22-13(17-9)7-21-14-18-16-8-19(14)11-4-5-12(20-3)15-6-11/h4-6,8H,7H2,1-3H3. The molecule has 0 radical (unpaired) electrons. The lowest BCUT2D eigenvalue weighted by Gasteiger charge is -2.05. The molecule has 22 heavy (non-hydrogen) atoms. The molecular formula is C14H15N5OS2. The van der Waals surface area contributed by atoms with E-state index in [4.69, 9.17) is 4.74 Å². The van der Waals surface area contributed by atoms with Crippen molar-refractivity contribution in [2.24, 2.45) is 0 Å². The Morgan fingerprint density at radius 1 is 1.32 bits per heavy atom. The van der Waals surface area contributed by atoms with Crippen LogP contribution in [-0.4, -0.2) is 31.8 Å². The Morgan fingerprint density at radius 3 is 2.82 bits per heavy atom. The van der Waals surface area contributed by atoms with Crippen molar-refractivity contribution in [3.8, 4) is 11.6 Å². The van der Waals surface area contributed by atoms with Crippen molar-refractivity contribution in [3.63, 3.8) is 0 Å². The van der Waals surface area contributed by atoms with Crippen molar-refractivity contribution in [2.75, 3.05) is 7.11 Å². The minimum Gasteiger partial charge on any atom is -0.481 e. The van der Waals surface area contributed by atoms with E-state index in [9.17, 15) is 0 Å². The molecule has 114 valence electrons. The minimum atomic E-state index is 0.583. The maximum absolute atomic E-state index is 5.07. The number of thioether (sulfide) groups is 1. The Morgan fingerprint density at radius 2 is 2.18 bits per heavy atom. The fourth-order valence-corrected chi connectivity index (χ4v) is 3.72. The number of rotatable bonds is 5. The molecule has 8 heteroatoms. The average Bonchev–Trinajstić information content (AvgIpc) is 3.12. The quantitative estimate of drug-likeness (QED) is 0.669. The van der Waals surface area contributed by atoms with Crippen molar-refractivity contribution in [1.29, 1.82) is 0 Å². The van der Waals surface area contributed by atoms with Crippen LogP contribution in [-0.2, 0) is 5.75 Å². The van der Waals surface area contributed by atoms with E-state index >= 15 is 0 Å². The van der Waals surface area contributed by atoms with Gasteiger partial charge < -0.3 is 4.74 Å². The van der Waals surface area contributed by atoms with Gasteiger partial charge in [0.15, 0.2) is 5.16 Å². The van der Waals surface area contributed by atoms with Crippen LogP contribution in [0.3, 0.4) is 0 Å². The molecule has 3 aromatic heterocycles. The molecule has 0 unspecified atom stereocenters. The summed E-state index contributed by atoms with van der Waals surface area (Å²) in [4.78, 5) is 10.0. The van der Waals surface area contributed by atoms with E-state index in [0.29, 0.717) is 5.88 Å². The van der Waals surface area contributed by atoms with Crippen LogP contribution in [0, 0.1) is 13.8 Å². The first-order valence-electron chi connectivity index (χ1n) is 6.63. The fourth-order valence-electron chi connectivity index (χ4n) is 1.86. The molecule has 3 rings (SSSR count). The van der Waals surface area contributed by atoms with Gasteiger partial charge in [-0.2, -0.15) is 0 Å². The van der Waals surface area contributed by atoms with Gasteiger partial charge in [-0.1, -0.05) is 11.8 Å². The zero-order valence-electron chi connectivity index (χ0n) is 12.5. The van der Waals surface area contributed by atoms with Gasteiger partial charge in [0.1, 0.15) is 11.3 Å². The Kier molecular flexibility index (Phi) is 4.39. The number of thiazole rings is 1. The van der Waals surface area contributed by atoms with Gasteiger partial charge in [0.2, 0.25) is 5.88 Å². The van der Waals surface area contributed by atoms with Gasteiger partial charge in [-0.05, 0) is 19.9 Å². The summed E-state index contributed by atoms with van der Waals surface area (Å²) in [6.07, 6.45) is 3.42. The third-order valence-corrected chi connectivity index (χ3v) is 5.33. The van der Waals surface area contributed by atoms with Crippen LogP contribution in [0.4, 0.5) is 0 Å². The van der Waals surface area contributed by atoms with Crippen LogP contribution in [0.5, 0.6) is 5.88 Å². The molecule has 0 bridgehead atoms. The molecular weight excluding hydrogens is 318 g/mol. The van der Waals surface area contributed by atoms with Crippen LogP contribution < -0.4 is 4.74 Å². The topological polar surface area (TPSA) is 65.7 Å². The molecule has 0 aliphatic rings. The molecule has 6 nitrogen and oxygen atoms in total. The number of hydrogen-bond acceptors (Lipinski definition) is 7. The molecule has 0 aliphatic heterocycles. The lowest BCUT2D eigenvalue weighted by Crippen LogP contribution is -1.97. The summed E-state index contributed by atoms with van der Waals surface area (Å²) >= 11 is 3.34. The van der Waals surface area contributed by atoms with Crippen molar-refractivity contribution in [2.45, 2.75) is 24.8 Å². The average molecular weight is 333 g/mol. The van der Waals surface area contributed by atoms with Crippen LogP contribution in [0.1, 0.15) is 15.6 Å². The maximum atomic E-state index is 5.07. The second-order valence-electron chi connectivity index (χ2n) is 4.58. The lowest BCUT2D eigenvalue weighted by atomic mass is 10.4. The Hall–Kier alpha value is -1.93. The highest BCUT2D eigenvalue weighted by Gasteiger charge is 2.10. The number of pyridine rings is 1. The summed E-state index contributed by atoms with van der Waals surface area (Å²) in [7, 11) is 1.60. The minimum absolute atomic E-state index is 0.583. The van der Waals surface area contributed by atoms with E-state index in [0.717, 1.165) is 27.3 Å². The molecule has 0 aromatic carbocycles. The summed E-state index contributed by atoms with van der Waals surface area (Å²) in [6.45, 7) is 4.12. The first kappa shape index (κ1) is 15.0. The summed E-state index contributed by atoms with van der Waals surface area (Å²) in [5.74, 6) is 1.36. The van der Waals surface area contributed by atoms with Gasteiger partial charge in [0.25, 0.3) is 0 Å². The van der Waals surface area contributed by atoms with Gasteiger partial charge in [0.05, 0.1) is 30.4 Å². The Balaban J connectivity index is 1.76. The van der Waals surface area contributed by atoms with E-state index < -0.39 is 0 Å². The van der Waals surface area contributed by atoms with Gasteiger partial charge in [0, 0.05) is 10.9 Å². The molecule has 0 aliphatic carbocycles. The van der Waals surface area contributed by atoms with Crippen molar-refractivity contribution < 1.29 is 4.74 Å². The smallest absolute Gasteiger partial charge is 0.213 e. The highest BCUT2D eigenvalue weighted by atomic mass is 32.2. The van der Waals surface area contributed by atoms with E-state index in [2.05, 4.69) is 27.1 Å². The molecule has 0 spiro atoms. The number of hydrogen-bond donors (Lipinski definition) is 0. The molecule has 0 amide bonds. The van der Waals surface area contributed by atoms with Crippen LogP contribution in [0.15, 0.2) is 29.8 Å². The second-order valence-corrected chi connectivity index (χ2v) is 6.81. The van der Waals surface area contributed by atoms with Crippen LogP contribution in [0.25, 0.3) is 5.69 Å². The van der Waals surface area contributed by atoms with Gasteiger partial charge in [-0.15, -0.1) is 21.5 Å². The number of ether oxygens (including phenoxy) is 1. The van der Waals surface area contributed by atoms with Crippen LogP contribution >= 0.6 is 23.1 Å². The predicted molar refractivity (Wildman–Crippen MR) is 86.9 cm³/mol. The van der Waals surface area contributed by atoms with Gasteiger partial charge >= 0.3 is 0 Å². The zero-order valence-corrected chi connectivity index (χ0v) is 14.1. The highest BCUT2D eigenvalue weighted by molar-refractivity contribution is 7.98. The largest absolute Gasteiger partial charge is 0.481 e. The van der Waals surface area contributed by atoms with Crippen molar-refractivity contribution >= 4 is 23.1 Å². The predicted octanol–water partition coefficient (Wildman–Crippen LogP) is 3.04. The van der Waals surface area contributed by atoms with Crippen molar-refractivity contribution in [1.82, 2.24) is 24.7 Å². The summed E-state index contributed by atoms with van der Waals surface area (Å²) in [5.41, 5.74) is 2.00. The summed E-state index contributed by atoms with van der Waals surface area (Å²) in [6, 6.07) is 3.74. The summed E-state index contributed by atoms with van der Waals surface area (Å²) in [5, 5.41) is 10.1. The van der Waals surface area contributed by atoms with E-state index in [-0.39, 0.29) is 0 Å². The molecule has 0 saturated heterocycles. The monoisotopic (exact) mass is 333 g/mol. The fraction of sp³-hybridized carbons (Fsp3) is 0.286. The number of nitrogens with zero attached hydrogens (tertiary/aromatic N) is 5. The molecule has 0 saturated carbocycles. The first-order chi connectivity index (χ1) is 10.7. The number of aryl methyl sites for hydroxylation is 2. The SMILES string of the molecule is COc1ccc(-n2cnnc2SCc2nc(C)c(C)s2)cn1. The maximum Gasteiger partial charge on any atom is 0.213 e. The normalized spacial score (nSPS) is 10.9. The van der Waals surface area contributed by atoms with Gasteiger partial charge in [-0.25, -0.2) is 9.97 Å². The molecule has 3 heterocycles. The first-order valence-corrected chi connectivity index (χ1v) is 8.43. The number of methoxy groups -OCH3 is 1. The van der Waals surface area contributed by atoms with Crippen molar-refractivity contribution in [3.05, 3.63) is 40.2 Å². The van der Waals surface area contributed by atoms with E-state index in [1.807, 2.05) is 23.6 Å². The Labute approximate surface area is 136 Å². The molecule has 0 N–H and O–H groups in total. The third kappa shape index (κ3) is 3.12. The molecule has 0 fully saturated rings.